The third-order valence-electron chi connectivity index (χ3n) is 4.44. The number of carbonyl (C=O) groups is 1. The van der Waals surface area contributed by atoms with Crippen LogP contribution in [-0.4, -0.2) is 29.3 Å². The van der Waals surface area contributed by atoms with Gasteiger partial charge in [-0.15, -0.1) is 0 Å². The lowest BCUT2D eigenvalue weighted by molar-refractivity contribution is -0.129. The Morgan fingerprint density at radius 2 is 1.79 bits per heavy atom. The van der Waals surface area contributed by atoms with E-state index in [1.54, 1.807) is 0 Å². The highest BCUT2D eigenvalue weighted by atomic mass is 16.1. The number of ketones is 1. The third-order valence-corrected chi connectivity index (χ3v) is 4.44. The molecule has 0 N–H and O–H groups in total. The van der Waals surface area contributed by atoms with Crippen molar-refractivity contribution in [3.8, 4) is 0 Å². The smallest absolute Gasteiger partial charge is 0.156 e. The molecular formula is C17H25NO. The number of carbonyl (C=O) groups excluding carboxylic acids is 1. The minimum absolute atomic E-state index is 0.331. The second-order valence-electron chi connectivity index (χ2n) is 6.13. The van der Waals surface area contributed by atoms with Gasteiger partial charge in [-0.3, -0.25) is 9.69 Å². The largest absolute Gasteiger partial charge is 0.297 e. The van der Waals surface area contributed by atoms with Gasteiger partial charge in [0, 0.05) is 6.42 Å². The van der Waals surface area contributed by atoms with E-state index < -0.39 is 0 Å². The first-order valence-electron chi connectivity index (χ1n) is 7.34. The maximum atomic E-state index is 12.6. The van der Waals surface area contributed by atoms with Gasteiger partial charge in [0.1, 0.15) is 0 Å². The van der Waals surface area contributed by atoms with Gasteiger partial charge in [-0.25, -0.2) is 0 Å². The normalized spacial score (nSPS) is 17.4. The summed E-state index contributed by atoms with van der Waals surface area (Å²) in [7, 11) is 0. The molecule has 1 fully saturated rings. The predicted octanol–water partition coefficient (Wildman–Crippen LogP) is 3.37. The zero-order valence-electron chi connectivity index (χ0n) is 12.4. The molecule has 104 valence electrons. The van der Waals surface area contributed by atoms with E-state index in [4.69, 9.17) is 0 Å². The van der Waals surface area contributed by atoms with Crippen molar-refractivity contribution < 1.29 is 4.79 Å². The Morgan fingerprint density at radius 1 is 1.16 bits per heavy atom. The van der Waals surface area contributed by atoms with Crippen molar-refractivity contribution in [3.05, 3.63) is 35.4 Å². The number of aryl methyl sites for hydroxylation is 1. The molecule has 0 radical (unpaired) electrons. The van der Waals surface area contributed by atoms with Crippen molar-refractivity contribution >= 4 is 5.78 Å². The van der Waals surface area contributed by atoms with Crippen molar-refractivity contribution in [2.45, 2.75) is 52.0 Å². The second kappa shape index (κ2) is 5.87. The summed E-state index contributed by atoms with van der Waals surface area (Å²) in [4.78, 5) is 15.0. The zero-order valence-corrected chi connectivity index (χ0v) is 12.4. The quantitative estimate of drug-likeness (QED) is 0.826. The lowest BCUT2D eigenvalue weighted by atomic mass is 9.89. The summed E-state index contributed by atoms with van der Waals surface area (Å²) < 4.78 is 0. The van der Waals surface area contributed by atoms with Gasteiger partial charge in [-0.05, 0) is 57.8 Å². The van der Waals surface area contributed by atoms with E-state index in [0.29, 0.717) is 12.2 Å². The van der Waals surface area contributed by atoms with Gasteiger partial charge in [0.15, 0.2) is 5.78 Å². The van der Waals surface area contributed by atoms with Crippen LogP contribution < -0.4 is 0 Å². The average Bonchev–Trinajstić information content (AvgIpc) is 2.42. The molecular weight excluding hydrogens is 234 g/mol. The lowest BCUT2D eigenvalue weighted by Crippen LogP contribution is -2.52. The third kappa shape index (κ3) is 3.24. The van der Waals surface area contributed by atoms with Crippen LogP contribution in [0.4, 0.5) is 0 Å². The number of nitrogens with zero attached hydrogens (tertiary/aromatic N) is 1. The van der Waals surface area contributed by atoms with Crippen LogP contribution in [0.25, 0.3) is 0 Å². The Bertz CT molecular complexity index is 444. The molecule has 1 heterocycles. The number of piperidine rings is 1. The van der Waals surface area contributed by atoms with Crippen LogP contribution >= 0.6 is 0 Å². The molecule has 2 heteroatoms. The molecule has 0 aromatic heterocycles. The number of hydrogen-bond acceptors (Lipinski definition) is 2. The van der Waals surface area contributed by atoms with E-state index in [1.807, 2.05) is 12.1 Å². The molecule has 0 unspecified atom stereocenters. The molecule has 2 rings (SSSR count). The van der Waals surface area contributed by atoms with Gasteiger partial charge in [0.25, 0.3) is 0 Å². The lowest BCUT2D eigenvalue weighted by Gasteiger charge is -2.39. The molecule has 0 atom stereocenters. The van der Waals surface area contributed by atoms with Crippen molar-refractivity contribution in [1.82, 2.24) is 4.90 Å². The van der Waals surface area contributed by atoms with Crippen molar-refractivity contribution in [2.24, 2.45) is 0 Å². The molecule has 0 amide bonds. The maximum Gasteiger partial charge on any atom is 0.156 e. The molecule has 0 aliphatic carbocycles. The van der Waals surface area contributed by atoms with E-state index in [9.17, 15) is 4.79 Å². The van der Waals surface area contributed by atoms with Crippen LogP contribution in [-0.2, 0) is 11.2 Å². The van der Waals surface area contributed by atoms with Crippen LogP contribution in [0.5, 0.6) is 0 Å². The van der Waals surface area contributed by atoms with E-state index in [0.717, 1.165) is 18.7 Å². The van der Waals surface area contributed by atoms with Crippen LogP contribution in [0.1, 0.15) is 44.2 Å². The Labute approximate surface area is 116 Å². The van der Waals surface area contributed by atoms with Crippen molar-refractivity contribution in [2.75, 3.05) is 13.1 Å². The Hall–Kier alpha value is -1.15. The topological polar surface area (TPSA) is 20.3 Å². The Morgan fingerprint density at radius 3 is 2.42 bits per heavy atom. The summed E-state index contributed by atoms with van der Waals surface area (Å²) in [5.74, 6) is 0.337. The van der Waals surface area contributed by atoms with Gasteiger partial charge in [0.05, 0.1) is 5.54 Å². The number of Topliss-reactive ketones (excluding diaryl/α,β-unsaturated/α-hetero) is 1. The van der Waals surface area contributed by atoms with Crippen LogP contribution in [0.3, 0.4) is 0 Å². The van der Waals surface area contributed by atoms with Gasteiger partial charge in [-0.2, -0.15) is 0 Å². The molecule has 1 saturated heterocycles. The molecule has 1 aromatic rings. The highest BCUT2D eigenvalue weighted by Gasteiger charge is 2.34. The number of likely N-dealkylation sites (tertiary alicyclic amines) is 1. The summed E-state index contributed by atoms with van der Waals surface area (Å²) in [5, 5.41) is 0. The standard InChI is InChI=1S/C17H25NO/c1-14-9-5-6-10-15(14)13-16(19)17(2,3)18-11-7-4-8-12-18/h5-6,9-10H,4,7-8,11-13H2,1-3H3. The highest BCUT2D eigenvalue weighted by molar-refractivity contribution is 5.89. The summed E-state index contributed by atoms with van der Waals surface area (Å²) in [5.41, 5.74) is 2.05. The summed E-state index contributed by atoms with van der Waals surface area (Å²) in [6, 6.07) is 8.19. The highest BCUT2D eigenvalue weighted by Crippen LogP contribution is 2.23. The zero-order chi connectivity index (χ0) is 13.9. The molecule has 1 aromatic carbocycles. The summed E-state index contributed by atoms with van der Waals surface area (Å²) in [6.45, 7) is 8.37. The Kier molecular flexibility index (Phi) is 4.41. The first-order valence-corrected chi connectivity index (χ1v) is 7.34. The van der Waals surface area contributed by atoms with Gasteiger partial charge in [-0.1, -0.05) is 30.7 Å². The SMILES string of the molecule is Cc1ccccc1CC(=O)C(C)(C)N1CCCCC1. The van der Waals surface area contributed by atoms with E-state index in [2.05, 4.69) is 37.8 Å². The monoisotopic (exact) mass is 259 g/mol. The van der Waals surface area contributed by atoms with Crippen molar-refractivity contribution in [3.63, 3.8) is 0 Å². The second-order valence-corrected chi connectivity index (χ2v) is 6.13. The average molecular weight is 259 g/mol. The van der Waals surface area contributed by atoms with E-state index >= 15 is 0 Å². The molecule has 2 nitrogen and oxygen atoms in total. The molecule has 1 aliphatic heterocycles. The summed E-state index contributed by atoms with van der Waals surface area (Å²) in [6.07, 6.45) is 4.30. The van der Waals surface area contributed by atoms with E-state index in [1.165, 1.54) is 24.8 Å². The minimum Gasteiger partial charge on any atom is -0.297 e. The first kappa shape index (κ1) is 14.3. The first-order chi connectivity index (χ1) is 9.01. The summed E-state index contributed by atoms with van der Waals surface area (Å²) >= 11 is 0. The van der Waals surface area contributed by atoms with Gasteiger partial charge >= 0.3 is 0 Å². The van der Waals surface area contributed by atoms with Crippen LogP contribution in [0.15, 0.2) is 24.3 Å². The fourth-order valence-electron chi connectivity index (χ4n) is 2.83. The van der Waals surface area contributed by atoms with Crippen LogP contribution in [0.2, 0.25) is 0 Å². The predicted molar refractivity (Wildman–Crippen MR) is 79.4 cm³/mol. The van der Waals surface area contributed by atoms with Gasteiger partial charge in [0.2, 0.25) is 0 Å². The fraction of sp³-hybridized carbons (Fsp3) is 0.588. The molecule has 1 aliphatic rings. The van der Waals surface area contributed by atoms with E-state index in [-0.39, 0.29) is 5.54 Å². The molecule has 0 saturated carbocycles. The van der Waals surface area contributed by atoms with Crippen LogP contribution in [0, 0.1) is 6.92 Å². The molecule has 0 bridgehead atoms. The van der Waals surface area contributed by atoms with Crippen molar-refractivity contribution in [1.29, 1.82) is 0 Å². The number of hydrogen-bond donors (Lipinski definition) is 0. The molecule has 0 spiro atoms. The molecule has 19 heavy (non-hydrogen) atoms. The Balaban J connectivity index is 2.08. The maximum absolute atomic E-state index is 12.6. The number of benzene rings is 1. The minimum atomic E-state index is -0.331. The number of rotatable bonds is 4. The van der Waals surface area contributed by atoms with Gasteiger partial charge < -0.3 is 0 Å². The fourth-order valence-corrected chi connectivity index (χ4v) is 2.83.